The molecule has 0 aromatic carbocycles. The minimum Gasteiger partial charge on any atom is -0.377 e. The van der Waals surface area contributed by atoms with Gasteiger partial charge in [0.05, 0.1) is 0 Å². The van der Waals surface area contributed by atoms with Gasteiger partial charge in [-0.25, -0.2) is 0 Å². The summed E-state index contributed by atoms with van der Waals surface area (Å²) in [6, 6.07) is 0. The lowest BCUT2D eigenvalue weighted by molar-refractivity contribution is 0.0936. The molecule has 89 valence electrons. The normalized spacial score (nSPS) is 12.0. The average Bonchev–Trinajstić information content (AvgIpc) is 2.30. The fraction of sp³-hybridized carbons (Fsp3) is 1.00. The van der Waals surface area contributed by atoms with Crippen LogP contribution in [-0.4, -0.2) is 89.2 Å². The Morgan fingerprint density at radius 3 is 1.71 bits per heavy atom. The molecule has 3 nitrogen and oxygen atoms in total. The van der Waals surface area contributed by atoms with E-state index in [1.54, 1.807) is 0 Å². The molecule has 0 aromatic rings. The van der Waals surface area contributed by atoms with Gasteiger partial charge >= 0.3 is 8.32 Å². The third-order valence-corrected chi connectivity index (χ3v) is 33.8. The van der Waals surface area contributed by atoms with Crippen molar-refractivity contribution in [2.75, 3.05) is 19.8 Å². The second kappa shape index (κ2) is 12.6. The standard InChI is InChI=1S/C6H15O3Si8/c1-4-7-17(8-5-2,9-6-3)16-15-14-13-12-11-10/h4-6H2,1-3H3. The molecule has 17 heavy (non-hydrogen) atoms. The summed E-state index contributed by atoms with van der Waals surface area (Å²) in [6.07, 6.45) is 0. The second-order valence-corrected chi connectivity index (χ2v) is 25.9. The summed E-state index contributed by atoms with van der Waals surface area (Å²) in [5.41, 5.74) is 0. The quantitative estimate of drug-likeness (QED) is 0.311. The SMILES string of the molecule is CCO[Si](OCC)(OCC)[Si][Si][Si][Si][Si][Si][Si]. The van der Waals surface area contributed by atoms with Crippen molar-refractivity contribution < 1.29 is 13.3 Å². The summed E-state index contributed by atoms with van der Waals surface area (Å²) in [4.78, 5) is 0. The van der Waals surface area contributed by atoms with Crippen molar-refractivity contribution in [1.82, 2.24) is 0 Å². The summed E-state index contributed by atoms with van der Waals surface area (Å²) >= 11 is 0. The van der Waals surface area contributed by atoms with Crippen LogP contribution in [0.1, 0.15) is 20.8 Å². The molecule has 0 heterocycles. The van der Waals surface area contributed by atoms with Crippen LogP contribution < -0.4 is 0 Å². The smallest absolute Gasteiger partial charge is 0.377 e. The highest BCUT2D eigenvalue weighted by atomic mass is 30.0. The molecule has 11 heteroatoms. The van der Waals surface area contributed by atoms with E-state index in [-0.39, 0.29) is 0 Å². The van der Waals surface area contributed by atoms with E-state index in [1.165, 1.54) is 0 Å². The van der Waals surface area contributed by atoms with Gasteiger partial charge in [0.1, 0.15) is 8.55 Å². The second-order valence-electron chi connectivity index (χ2n) is 2.61. The van der Waals surface area contributed by atoms with E-state index in [0.29, 0.717) is 19.8 Å². The first-order valence-corrected chi connectivity index (χ1v) is 20.6. The molecule has 0 rings (SSSR count). The summed E-state index contributed by atoms with van der Waals surface area (Å²) in [5.74, 6) is 0. The molecule has 0 aliphatic rings. The van der Waals surface area contributed by atoms with Gasteiger partial charge in [-0.15, -0.1) is 0 Å². The maximum Gasteiger partial charge on any atom is 0.460 e. The van der Waals surface area contributed by atoms with Crippen LogP contribution in [0.5, 0.6) is 0 Å². The highest BCUT2D eigenvalue weighted by Gasteiger charge is 2.39. The topological polar surface area (TPSA) is 27.7 Å². The van der Waals surface area contributed by atoms with E-state index in [4.69, 9.17) is 13.3 Å². The molecular formula is C6H15O3Si8. The number of hydrogen-bond acceptors (Lipinski definition) is 3. The fourth-order valence-corrected chi connectivity index (χ4v) is 42.9. The van der Waals surface area contributed by atoms with Crippen molar-refractivity contribution in [2.45, 2.75) is 20.8 Å². The molecule has 0 atom stereocenters. The summed E-state index contributed by atoms with van der Waals surface area (Å²) < 4.78 is 17.5. The van der Waals surface area contributed by atoms with E-state index in [0.717, 1.165) is 51.3 Å². The Hall–Kier alpha value is 1.62. The van der Waals surface area contributed by atoms with Crippen molar-refractivity contribution in [3.63, 3.8) is 0 Å². The van der Waals surface area contributed by atoms with Crippen LogP contribution in [0.2, 0.25) is 0 Å². The molecule has 0 amide bonds. The first-order chi connectivity index (χ1) is 8.24. The van der Waals surface area contributed by atoms with E-state index in [1.807, 2.05) is 20.8 Å². The average molecular weight is 360 g/mol. The maximum atomic E-state index is 5.83. The minimum absolute atomic E-state index is 0.694. The van der Waals surface area contributed by atoms with E-state index < -0.39 is 8.32 Å². The monoisotopic (exact) mass is 359 g/mol. The first kappa shape index (κ1) is 18.6. The van der Waals surface area contributed by atoms with Gasteiger partial charge in [-0.2, -0.15) is 0 Å². The number of rotatable bonds is 12. The van der Waals surface area contributed by atoms with Gasteiger partial charge in [0.2, 0.25) is 0 Å². The lowest BCUT2D eigenvalue weighted by atomic mass is 10.9. The van der Waals surface area contributed by atoms with Crippen LogP contribution in [0, 0.1) is 0 Å². The van der Waals surface area contributed by atoms with E-state index >= 15 is 0 Å². The molecule has 0 bridgehead atoms. The van der Waals surface area contributed by atoms with Crippen molar-refractivity contribution in [1.29, 1.82) is 0 Å². The van der Waals surface area contributed by atoms with Gasteiger partial charge in [0.15, 0.2) is 0 Å². The zero-order valence-electron chi connectivity index (χ0n) is 10.3. The number of hydrogen-bond donors (Lipinski definition) is 0. The van der Waals surface area contributed by atoms with Crippen molar-refractivity contribution >= 4 is 69.4 Å². The highest BCUT2D eigenvalue weighted by molar-refractivity contribution is 7.66. The molecular weight excluding hydrogens is 345 g/mol. The molecule has 0 N–H and O–H groups in total. The van der Waals surface area contributed by atoms with Gasteiger partial charge in [-0.05, 0) is 20.8 Å². The Morgan fingerprint density at radius 2 is 1.29 bits per heavy atom. The van der Waals surface area contributed by atoms with Crippen molar-refractivity contribution in [3.05, 3.63) is 0 Å². The molecule has 0 aliphatic carbocycles. The first-order valence-electron chi connectivity index (χ1n) is 5.35. The Balaban J connectivity index is 4.05. The van der Waals surface area contributed by atoms with Crippen LogP contribution in [0.25, 0.3) is 0 Å². The molecule has 0 aliphatic heterocycles. The van der Waals surface area contributed by atoms with Crippen LogP contribution in [0.3, 0.4) is 0 Å². The largest absolute Gasteiger partial charge is 0.460 e. The molecule has 0 fully saturated rings. The van der Waals surface area contributed by atoms with E-state index in [2.05, 4.69) is 9.76 Å². The van der Waals surface area contributed by atoms with Crippen molar-refractivity contribution in [3.8, 4) is 0 Å². The predicted molar refractivity (Wildman–Crippen MR) is 80.9 cm³/mol. The van der Waals surface area contributed by atoms with Gasteiger partial charge in [0, 0.05) is 72.4 Å². The fourth-order valence-electron chi connectivity index (χ4n) is 1.00. The molecule has 0 unspecified atom stereocenters. The Labute approximate surface area is 123 Å². The van der Waals surface area contributed by atoms with Gasteiger partial charge in [-0.1, -0.05) is 0 Å². The molecule has 0 aromatic heterocycles. The lowest BCUT2D eigenvalue weighted by Gasteiger charge is -2.28. The molecule has 15 radical (unpaired) electrons. The summed E-state index contributed by atoms with van der Waals surface area (Å²) in [5, 5.41) is 0. The zero-order valence-corrected chi connectivity index (χ0v) is 18.3. The minimum atomic E-state index is -2.31. The Bertz CT molecular complexity index is 156. The van der Waals surface area contributed by atoms with Gasteiger partial charge in [0.25, 0.3) is 0 Å². The lowest BCUT2D eigenvalue weighted by Crippen LogP contribution is -2.55. The third kappa shape index (κ3) is 9.19. The molecule has 0 saturated heterocycles. The van der Waals surface area contributed by atoms with Crippen LogP contribution >= 0.6 is 0 Å². The van der Waals surface area contributed by atoms with Crippen molar-refractivity contribution in [2.24, 2.45) is 0 Å². The third-order valence-electron chi connectivity index (χ3n) is 1.47. The van der Waals surface area contributed by atoms with Crippen LogP contribution in [0.15, 0.2) is 0 Å². The van der Waals surface area contributed by atoms with E-state index in [9.17, 15) is 0 Å². The Kier molecular flexibility index (Phi) is 13.8. The van der Waals surface area contributed by atoms with Crippen LogP contribution in [0.4, 0.5) is 0 Å². The molecule has 0 saturated carbocycles. The van der Waals surface area contributed by atoms with Gasteiger partial charge < -0.3 is 13.3 Å². The summed E-state index contributed by atoms with van der Waals surface area (Å²) in [7, 11) is 7.17. The summed E-state index contributed by atoms with van der Waals surface area (Å²) in [6.45, 7) is 8.14. The Morgan fingerprint density at radius 1 is 0.824 bits per heavy atom. The van der Waals surface area contributed by atoms with Crippen LogP contribution in [-0.2, 0) is 13.3 Å². The van der Waals surface area contributed by atoms with Gasteiger partial charge in [-0.3, -0.25) is 0 Å². The maximum absolute atomic E-state index is 5.83. The molecule has 0 spiro atoms. The highest BCUT2D eigenvalue weighted by Crippen LogP contribution is 2.07. The zero-order chi connectivity index (χ0) is 13.0. The predicted octanol–water partition coefficient (Wildman–Crippen LogP) is -1.58.